The van der Waals surface area contributed by atoms with E-state index in [4.69, 9.17) is 0 Å². The van der Waals surface area contributed by atoms with Gasteiger partial charge in [0.15, 0.2) is 11.5 Å². The second-order valence-electron chi connectivity index (χ2n) is 5.95. The van der Waals surface area contributed by atoms with Crippen LogP contribution in [0.4, 0.5) is 24.9 Å². The fourth-order valence-corrected chi connectivity index (χ4v) is 2.67. The van der Waals surface area contributed by atoms with Crippen LogP contribution in [-0.2, 0) is 6.18 Å². The molecule has 0 radical (unpaired) electrons. The lowest BCUT2D eigenvalue weighted by atomic mass is 9.96. The molecule has 2 aromatic heterocycles. The Morgan fingerprint density at radius 2 is 1.88 bits per heavy atom. The number of hydrogen-bond donors (Lipinski definition) is 1. The minimum Gasteiger partial charge on any atom is -0.355 e. The molecule has 0 bridgehead atoms. The molecule has 0 aliphatic carbocycles. The van der Waals surface area contributed by atoms with Crippen molar-refractivity contribution in [3.8, 4) is 0 Å². The van der Waals surface area contributed by atoms with Crippen LogP contribution in [0.25, 0.3) is 0 Å². The second kappa shape index (κ2) is 6.25. The lowest BCUT2D eigenvalue weighted by molar-refractivity contribution is -0.141. The molecule has 1 aliphatic heterocycles. The number of nitrogens with one attached hydrogen (secondary N) is 1. The maximum atomic E-state index is 12.5. The van der Waals surface area contributed by atoms with E-state index in [9.17, 15) is 13.2 Å². The van der Waals surface area contributed by atoms with E-state index in [1.165, 1.54) is 6.07 Å². The number of aromatic nitrogens is 5. The van der Waals surface area contributed by atoms with Crippen LogP contribution in [0, 0.1) is 0 Å². The second-order valence-corrected chi connectivity index (χ2v) is 5.95. The van der Waals surface area contributed by atoms with Gasteiger partial charge < -0.3 is 9.80 Å². The smallest absolute Gasteiger partial charge is 0.355 e. The molecule has 0 amide bonds. The van der Waals surface area contributed by atoms with Crippen LogP contribution >= 0.6 is 0 Å². The Kier molecular flexibility index (Phi) is 4.29. The lowest BCUT2D eigenvalue weighted by Crippen LogP contribution is -2.34. The number of halogens is 3. The fourth-order valence-electron chi connectivity index (χ4n) is 2.67. The van der Waals surface area contributed by atoms with E-state index in [-0.39, 0.29) is 5.92 Å². The van der Waals surface area contributed by atoms with E-state index < -0.39 is 11.9 Å². The summed E-state index contributed by atoms with van der Waals surface area (Å²) in [6.45, 7) is 1.37. The number of hydrogen-bond acceptors (Lipinski definition) is 6. The molecular weight excluding hydrogens is 323 g/mol. The normalized spacial score (nSPS) is 16.5. The third-order valence-electron chi connectivity index (χ3n) is 4.04. The standard InChI is InChI=1S/C14H18F3N7/c1-23(2)13-18-12(21-22-13)9-5-7-24(8-6-9)11-4-3-10(19-20-11)14(15,16)17/h3-4,9H,5-8H2,1-2H3,(H,18,21,22). The van der Waals surface area contributed by atoms with Crippen LogP contribution in [0.3, 0.4) is 0 Å². The van der Waals surface area contributed by atoms with Crippen molar-refractivity contribution in [1.29, 1.82) is 0 Å². The van der Waals surface area contributed by atoms with E-state index in [0.717, 1.165) is 24.7 Å². The fraction of sp³-hybridized carbons (Fsp3) is 0.571. The highest BCUT2D eigenvalue weighted by Gasteiger charge is 2.33. The first-order valence-corrected chi connectivity index (χ1v) is 7.60. The number of anilines is 2. The summed E-state index contributed by atoms with van der Waals surface area (Å²) in [7, 11) is 3.75. The van der Waals surface area contributed by atoms with Gasteiger partial charge in [-0.15, -0.1) is 15.3 Å². The lowest BCUT2D eigenvalue weighted by Gasteiger charge is -2.31. The van der Waals surface area contributed by atoms with Gasteiger partial charge in [0.1, 0.15) is 5.82 Å². The van der Waals surface area contributed by atoms with Gasteiger partial charge in [-0.1, -0.05) is 0 Å². The predicted octanol–water partition coefficient (Wildman–Crippen LogP) is 2.06. The van der Waals surface area contributed by atoms with Crippen molar-refractivity contribution in [3.05, 3.63) is 23.7 Å². The van der Waals surface area contributed by atoms with Gasteiger partial charge in [-0.2, -0.15) is 18.2 Å². The first-order chi connectivity index (χ1) is 11.3. The molecule has 0 unspecified atom stereocenters. The van der Waals surface area contributed by atoms with Gasteiger partial charge in [0, 0.05) is 33.1 Å². The molecule has 0 saturated carbocycles. The first kappa shape index (κ1) is 16.5. The van der Waals surface area contributed by atoms with Crippen LogP contribution in [0.1, 0.15) is 30.3 Å². The highest BCUT2D eigenvalue weighted by molar-refractivity contribution is 5.38. The highest BCUT2D eigenvalue weighted by atomic mass is 19.4. The summed E-state index contributed by atoms with van der Waals surface area (Å²) in [5.41, 5.74) is -0.973. The van der Waals surface area contributed by atoms with E-state index in [1.807, 2.05) is 23.9 Å². The van der Waals surface area contributed by atoms with Crippen molar-refractivity contribution in [3.63, 3.8) is 0 Å². The van der Waals surface area contributed by atoms with Crippen LogP contribution in [0.15, 0.2) is 12.1 Å². The summed E-state index contributed by atoms with van der Waals surface area (Å²) in [4.78, 5) is 8.22. The summed E-state index contributed by atoms with van der Waals surface area (Å²) in [6.07, 6.45) is -2.81. The van der Waals surface area contributed by atoms with Crippen molar-refractivity contribution >= 4 is 11.8 Å². The number of H-pyrrole nitrogens is 1. The van der Waals surface area contributed by atoms with Crippen LogP contribution < -0.4 is 9.80 Å². The zero-order chi connectivity index (χ0) is 17.3. The molecule has 0 aromatic carbocycles. The molecule has 0 atom stereocenters. The van der Waals surface area contributed by atoms with Gasteiger partial charge in [0.2, 0.25) is 5.95 Å². The molecule has 10 heteroatoms. The zero-order valence-corrected chi connectivity index (χ0v) is 13.4. The first-order valence-electron chi connectivity index (χ1n) is 7.60. The molecule has 3 heterocycles. The highest BCUT2D eigenvalue weighted by Crippen LogP contribution is 2.30. The van der Waals surface area contributed by atoms with Crippen LogP contribution in [0.2, 0.25) is 0 Å². The number of piperidine rings is 1. The van der Waals surface area contributed by atoms with Crippen molar-refractivity contribution < 1.29 is 13.2 Å². The van der Waals surface area contributed by atoms with E-state index >= 15 is 0 Å². The average molecular weight is 341 g/mol. The molecule has 1 aliphatic rings. The Bertz CT molecular complexity index is 672. The van der Waals surface area contributed by atoms with Crippen molar-refractivity contribution in [2.45, 2.75) is 24.9 Å². The Morgan fingerprint density at radius 1 is 1.17 bits per heavy atom. The van der Waals surface area contributed by atoms with Gasteiger partial charge in [-0.25, -0.2) is 0 Å². The van der Waals surface area contributed by atoms with Gasteiger partial charge in [0.05, 0.1) is 0 Å². The molecule has 1 saturated heterocycles. The minimum atomic E-state index is -4.46. The molecule has 130 valence electrons. The third-order valence-corrected chi connectivity index (χ3v) is 4.04. The molecule has 2 aromatic rings. The predicted molar refractivity (Wildman–Crippen MR) is 81.9 cm³/mol. The minimum absolute atomic E-state index is 0.254. The van der Waals surface area contributed by atoms with Gasteiger partial charge in [-0.05, 0) is 25.0 Å². The molecule has 7 nitrogen and oxygen atoms in total. The number of alkyl halides is 3. The van der Waals surface area contributed by atoms with Crippen molar-refractivity contribution in [1.82, 2.24) is 25.4 Å². The summed E-state index contributed by atoms with van der Waals surface area (Å²) >= 11 is 0. The van der Waals surface area contributed by atoms with Crippen LogP contribution in [0.5, 0.6) is 0 Å². The van der Waals surface area contributed by atoms with E-state index in [1.54, 1.807) is 0 Å². The largest absolute Gasteiger partial charge is 0.435 e. The molecular formula is C14H18F3N7. The quantitative estimate of drug-likeness (QED) is 0.921. The summed E-state index contributed by atoms with van der Waals surface area (Å²) < 4.78 is 37.6. The van der Waals surface area contributed by atoms with Crippen molar-refractivity contribution in [2.75, 3.05) is 37.0 Å². The Labute approximate surface area is 136 Å². The van der Waals surface area contributed by atoms with Gasteiger partial charge in [-0.3, -0.25) is 5.10 Å². The molecule has 3 rings (SSSR count). The maximum absolute atomic E-state index is 12.5. The maximum Gasteiger partial charge on any atom is 0.435 e. The number of nitrogens with zero attached hydrogens (tertiary/aromatic N) is 6. The molecule has 1 fully saturated rings. The van der Waals surface area contributed by atoms with Crippen molar-refractivity contribution in [2.24, 2.45) is 0 Å². The van der Waals surface area contributed by atoms with E-state index in [0.29, 0.717) is 24.9 Å². The molecule has 1 N–H and O–H groups in total. The zero-order valence-electron chi connectivity index (χ0n) is 13.4. The van der Waals surface area contributed by atoms with Crippen LogP contribution in [-0.4, -0.2) is 52.6 Å². The summed E-state index contributed by atoms with van der Waals surface area (Å²) in [5.74, 6) is 2.20. The van der Waals surface area contributed by atoms with Gasteiger partial charge in [0.25, 0.3) is 0 Å². The Morgan fingerprint density at radius 3 is 2.38 bits per heavy atom. The topological polar surface area (TPSA) is 73.8 Å². The SMILES string of the molecule is CN(C)c1n[nH]c(C2CCN(c3ccc(C(F)(F)F)nn3)CC2)n1. The van der Waals surface area contributed by atoms with E-state index in [2.05, 4.69) is 25.4 Å². The monoisotopic (exact) mass is 341 g/mol. The number of aromatic amines is 1. The molecule has 0 spiro atoms. The summed E-state index contributed by atoms with van der Waals surface area (Å²) in [6, 6.07) is 2.34. The number of rotatable bonds is 3. The third kappa shape index (κ3) is 3.41. The molecule has 24 heavy (non-hydrogen) atoms. The Balaban J connectivity index is 1.62. The average Bonchev–Trinajstić information content (AvgIpc) is 3.05. The summed E-state index contributed by atoms with van der Waals surface area (Å²) in [5, 5.41) is 14.1. The Hall–Kier alpha value is -2.39. The van der Waals surface area contributed by atoms with Gasteiger partial charge >= 0.3 is 6.18 Å².